The van der Waals surface area contributed by atoms with Crippen LogP contribution in [-0.2, 0) is 0 Å². The van der Waals surface area contributed by atoms with E-state index in [2.05, 4.69) is 0 Å². The average molecular weight is 183 g/mol. The Morgan fingerprint density at radius 1 is 1.62 bits per heavy atom. The van der Waals surface area contributed by atoms with Crippen LogP contribution in [-0.4, -0.2) is 10.8 Å². The number of nitro groups is 1. The fourth-order valence-electron chi connectivity index (χ4n) is 0.884. The predicted octanol–water partition coefficient (Wildman–Crippen LogP) is 1.02. The Hall–Kier alpha value is -1.98. The predicted molar refractivity (Wildman–Crippen MR) is 44.1 cm³/mol. The van der Waals surface area contributed by atoms with E-state index in [0.717, 1.165) is 18.2 Å². The Morgan fingerprint density at radius 2 is 2.23 bits per heavy atom. The van der Waals surface area contributed by atoms with Crippen LogP contribution >= 0.6 is 0 Å². The van der Waals surface area contributed by atoms with Gasteiger partial charge in [-0.25, -0.2) is 4.39 Å². The van der Waals surface area contributed by atoms with Crippen LogP contribution in [0.2, 0.25) is 0 Å². The maximum atomic E-state index is 12.6. The summed E-state index contributed by atoms with van der Waals surface area (Å²) in [5, 5.41) is 17.4. The first-order chi connectivity index (χ1) is 6.02. The topological polar surface area (TPSA) is 93.0 Å². The third-order valence-electron chi connectivity index (χ3n) is 1.45. The molecule has 0 amide bonds. The van der Waals surface area contributed by atoms with Crippen molar-refractivity contribution in [2.75, 3.05) is 0 Å². The standard InChI is InChI=1S/C7H6FN3O2/c8-4-1-2-5(7(9)10)6(3-4)11(12)13/h1-3H,(H3,9,10). The van der Waals surface area contributed by atoms with Crippen LogP contribution in [0.15, 0.2) is 18.2 Å². The molecule has 68 valence electrons. The molecule has 5 nitrogen and oxygen atoms in total. The van der Waals surface area contributed by atoms with E-state index in [1.807, 2.05) is 0 Å². The van der Waals surface area contributed by atoms with Crippen LogP contribution in [0.5, 0.6) is 0 Å². The summed E-state index contributed by atoms with van der Waals surface area (Å²) in [5.74, 6) is -1.18. The molecular formula is C7H6FN3O2. The van der Waals surface area contributed by atoms with Crippen LogP contribution in [0, 0.1) is 21.3 Å². The number of benzene rings is 1. The van der Waals surface area contributed by atoms with Crippen molar-refractivity contribution in [2.24, 2.45) is 5.73 Å². The summed E-state index contributed by atoms with van der Waals surface area (Å²) in [6.07, 6.45) is 0. The van der Waals surface area contributed by atoms with Crippen LogP contribution in [0.25, 0.3) is 0 Å². The highest BCUT2D eigenvalue weighted by molar-refractivity contribution is 5.98. The van der Waals surface area contributed by atoms with Gasteiger partial charge < -0.3 is 5.73 Å². The molecule has 0 aromatic heterocycles. The Bertz CT molecular complexity index is 378. The molecule has 13 heavy (non-hydrogen) atoms. The highest BCUT2D eigenvalue weighted by Gasteiger charge is 2.16. The summed E-state index contributed by atoms with van der Waals surface area (Å²) >= 11 is 0. The van der Waals surface area contributed by atoms with Gasteiger partial charge in [0.2, 0.25) is 0 Å². The number of hydrogen-bond acceptors (Lipinski definition) is 3. The van der Waals surface area contributed by atoms with E-state index in [0.29, 0.717) is 0 Å². The van der Waals surface area contributed by atoms with E-state index in [4.69, 9.17) is 11.1 Å². The molecule has 0 aliphatic carbocycles. The molecule has 1 aromatic carbocycles. The first kappa shape index (κ1) is 9.11. The van der Waals surface area contributed by atoms with Crippen molar-refractivity contribution in [1.29, 1.82) is 5.41 Å². The number of nitrogen functional groups attached to an aromatic ring is 1. The molecule has 0 radical (unpaired) electrons. The zero-order chi connectivity index (χ0) is 10.0. The first-order valence-corrected chi connectivity index (χ1v) is 3.30. The molecule has 1 aromatic rings. The maximum absolute atomic E-state index is 12.6. The third kappa shape index (κ3) is 1.78. The van der Waals surface area contributed by atoms with Crippen molar-refractivity contribution in [3.05, 3.63) is 39.7 Å². The molecule has 1 rings (SSSR count). The monoisotopic (exact) mass is 183 g/mol. The molecule has 3 N–H and O–H groups in total. The smallest absolute Gasteiger partial charge is 0.283 e. The quantitative estimate of drug-likeness (QED) is 0.310. The number of nitrogens with one attached hydrogen (secondary N) is 1. The third-order valence-corrected chi connectivity index (χ3v) is 1.45. The summed E-state index contributed by atoms with van der Waals surface area (Å²) < 4.78 is 12.6. The van der Waals surface area contributed by atoms with Crippen molar-refractivity contribution >= 4 is 11.5 Å². The van der Waals surface area contributed by atoms with E-state index in [-0.39, 0.29) is 5.56 Å². The van der Waals surface area contributed by atoms with E-state index in [1.54, 1.807) is 0 Å². The lowest BCUT2D eigenvalue weighted by Crippen LogP contribution is -2.13. The maximum Gasteiger partial charge on any atom is 0.283 e. The Morgan fingerprint density at radius 3 is 2.69 bits per heavy atom. The second-order valence-electron chi connectivity index (χ2n) is 2.33. The largest absolute Gasteiger partial charge is 0.383 e. The van der Waals surface area contributed by atoms with Gasteiger partial charge in [-0.3, -0.25) is 15.5 Å². The number of halogens is 1. The highest BCUT2D eigenvalue weighted by Crippen LogP contribution is 2.18. The fraction of sp³-hybridized carbons (Fsp3) is 0. The van der Waals surface area contributed by atoms with Gasteiger partial charge in [-0.2, -0.15) is 0 Å². The molecule has 0 fully saturated rings. The van der Waals surface area contributed by atoms with Crippen molar-refractivity contribution in [3.8, 4) is 0 Å². The zero-order valence-electron chi connectivity index (χ0n) is 6.45. The summed E-state index contributed by atoms with van der Waals surface area (Å²) in [6.45, 7) is 0. The molecule has 0 saturated heterocycles. The molecule has 0 bridgehead atoms. The number of rotatable bonds is 2. The van der Waals surface area contributed by atoms with E-state index >= 15 is 0 Å². The van der Waals surface area contributed by atoms with Gasteiger partial charge in [0.25, 0.3) is 5.69 Å². The van der Waals surface area contributed by atoms with Gasteiger partial charge in [-0.15, -0.1) is 0 Å². The average Bonchev–Trinajstić information content (AvgIpc) is 2.03. The number of amidine groups is 1. The summed E-state index contributed by atoms with van der Waals surface area (Å²) in [6, 6.07) is 2.86. The minimum atomic E-state index is -0.778. The summed E-state index contributed by atoms with van der Waals surface area (Å²) in [7, 11) is 0. The number of nitro benzene ring substituents is 1. The molecule has 0 heterocycles. The molecule has 0 aliphatic heterocycles. The van der Waals surface area contributed by atoms with Gasteiger partial charge in [0.15, 0.2) is 0 Å². The van der Waals surface area contributed by atoms with Gasteiger partial charge in [-0.1, -0.05) is 0 Å². The molecule has 0 aliphatic rings. The van der Waals surface area contributed by atoms with Crippen molar-refractivity contribution < 1.29 is 9.31 Å². The highest BCUT2D eigenvalue weighted by atomic mass is 19.1. The lowest BCUT2D eigenvalue weighted by Gasteiger charge is -1.99. The summed E-state index contributed by atoms with van der Waals surface area (Å²) in [5.41, 5.74) is 4.49. The molecular weight excluding hydrogens is 177 g/mol. The van der Waals surface area contributed by atoms with Gasteiger partial charge in [0.05, 0.1) is 16.6 Å². The number of nitrogens with two attached hydrogens (primary N) is 1. The van der Waals surface area contributed by atoms with Gasteiger partial charge in [0.1, 0.15) is 11.7 Å². The normalized spacial score (nSPS) is 9.62. The Kier molecular flexibility index (Phi) is 2.23. The van der Waals surface area contributed by atoms with Gasteiger partial charge in [0, 0.05) is 0 Å². The fourth-order valence-corrected chi connectivity index (χ4v) is 0.884. The molecule has 0 atom stereocenters. The lowest BCUT2D eigenvalue weighted by molar-refractivity contribution is -0.385. The van der Waals surface area contributed by atoms with Crippen LogP contribution < -0.4 is 5.73 Å². The van der Waals surface area contributed by atoms with Crippen molar-refractivity contribution in [2.45, 2.75) is 0 Å². The molecule has 0 saturated carbocycles. The Balaban J connectivity index is 3.35. The molecule has 0 unspecified atom stereocenters. The first-order valence-electron chi connectivity index (χ1n) is 3.30. The second kappa shape index (κ2) is 3.18. The van der Waals surface area contributed by atoms with Crippen LogP contribution in [0.4, 0.5) is 10.1 Å². The SMILES string of the molecule is N=C(N)c1ccc(F)cc1[N+](=O)[O-]. The number of hydrogen-bond donors (Lipinski definition) is 2. The van der Waals surface area contributed by atoms with E-state index in [1.165, 1.54) is 0 Å². The Labute approximate surface area is 72.6 Å². The van der Waals surface area contributed by atoms with Gasteiger partial charge in [-0.05, 0) is 12.1 Å². The zero-order valence-corrected chi connectivity index (χ0v) is 6.45. The lowest BCUT2D eigenvalue weighted by atomic mass is 10.1. The van der Waals surface area contributed by atoms with Crippen LogP contribution in [0.3, 0.4) is 0 Å². The van der Waals surface area contributed by atoms with Crippen LogP contribution in [0.1, 0.15) is 5.56 Å². The summed E-state index contributed by atoms with van der Waals surface area (Å²) in [4.78, 5) is 9.59. The van der Waals surface area contributed by atoms with Crippen molar-refractivity contribution in [1.82, 2.24) is 0 Å². The molecule has 6 heteroatoms. The minimum absolute atomic E-state index is 0.0774. The van der Waals surface area contributed by atoms with E-state index < -0.39 is 22.3 Å². The van der Waals surface area contributed by atoms with Crippen molar-refractivity contribution in [3.63, 3.8) is 0 Å². The minimum Gasteiger partial charge on any atom is -0.383 e. The molecule has 0 spiro atoms. The number of nitrogens with zero attached hydrogens (tertiary/aromatic N) is 1. The van der Waals surface area contributed by atoms with E-state index in [9.17, 15) is 14.5 Å². The second-order valence-corrected chi connectivity index (χ2v) is 2.33. The van der Waals surface area contributed by atoms with Gasteiger partial charge >= 0.3 is 0 Å².